The van der Waals surface area contributed by atoms with Crippen molar-refractivity contribution in [2.45, 2.75) is 58.2 Å². The van der Waals surface area contributed by atoms with E-state index in [4.69, 9.17) is 0 Å². The van der Waals surface area contributed by atoms with Gasteiger partial charge < -0.3 is 9.88 Å². The molecule has 0 bridgehead atoms. The van der Waals surface area contributed by atoms with Crippen LogP contribution in [-0.4, -0.2) is 20.4 Å². The van der Waals surface area contributed by atoms with Gasteiger partial charge in [0, 0.05) is 12.4 Å². The number of carbonyl (C=O) groups excluding carboxylic acids is 1. The molecule has 2 heterocycles. The van der Waals surface area contributed by atoms with Gasteiger partial charge in [-0.1, -0.05) is 31.7 Å². The van der Waals surface area contributed by atoms with E-state index in [-0.39, 0.29) is 11.7 Å². The highest BCUT2D eigenvalue weighted by atomic mass is 19.4. The van der Waals surface area contributed by atoms with Crippen LogP contribution in [-0.2, 0) is 11.0 Å². The first-order valence-corrected chi connectivity index (χ1v) is 9.10. The van der Waals surface area contributed by atoms with Crippen molar-refractivity contribution in [1.82, 2.24) is 14.5 Å². The third kappa shape index (κ3) is 4.67. The largest absolute Gasteiger partial charge is 0.434 e. The zero-order chi connectivity index (χ0) is 19.6. The second-order valence-corrected chi connectivity index (χ2v) is 7.19. The molecule has 2 aromatic rings. The molecule has 1 amide bonds. The zero-order valence-electron chi connectivity index (χ0n) is 15.4. The molecule has 146 valence electrons. The first-order chi connectivity index (χ1) is 12.7. The van der Waals surface area contributed by atoms with E-state index < -0.39 is 17.9 Å². The molecular formula is C19H23F3N4O. The molecule has 0 radical (unpaired) electrons. The number of alkyl halides is 3. The number of pyridine rings is 1. The van der Waals surface area contributed by atoms with Crippen LogP contribution < -0.4 is 5.32 Å². The number of amides is 1. The maximum absolute atomic E-state index is 13.0. The SMILES string of the molecule is Cc1ccc(NC(=O)[C@H](CC2CCCC2)n2cc(C(F)(F)F)nc2C)nc1. The second-order valence-electron chi connectivity index (χ2n) is 7.19. The number of halogens is 3. The Morgan fingerprint density at radius 3 is 2.56 bits per heavy atom. The summed E-state index contributed by atoms with van der Waals surface area (Å²) in [6.07, 6.45) is 2.70. The molecular weight excluding hydrogens is 357 g/mol. The molecule has 2 aromatic heterocycles. The highest BCUT2D eigenvalue weighted by Gasteiger charge is 2.36. The van der Waals surface area contributed by atoms with Crippen LogP contribution in [0.3, 0.4) is 0 Å². The molecule has 1 saturated carbocycles. The molecule has 1 aliphatic rings. The molecule has 0 aromatic carbocycles. The Balaban J connectivity index is 1.87. The topological polar surface area (TPSA) is 59.8 Å². The summed E-state index contributed by atoms with van der Waals surface area (Å²) < 4.78 is 40.5. The van der Waals surface area contributed by atoms with Crippen LogP contribution in [0.5, 0.6) is 0 Å². The van der Waals surface area contributed by atoms with Crippen molar-refractivity contribution in [1.29, 1.82) is 0 Å². The highest BCUT2D eigenvalue weighted by molar-refractivity contribution is 5.93. The van der Waals surface area contributed by atoms with Gasteiger partial charge in [0.05, 0.1) is 0 Å². The lowest BCUT2D eigenvalue weighted by molar-refractivity contribution is -0.141. The lowest BCUT2D eigenvalue weighted by Crippen LogP contribution is -2.28. The summed E-state index contributed by atoms with van der Waals surface area (Å²) in [5, 5.41) is 2.74. The predicted octanol–water partition coefficient (Wildman–Crippen LogP) is 4.67. The number of aryl methyl sites for hydroxylation is 2. The van der Waals surface area contributed by atoms with Crippen LogP contribution in [0.4, 0.5) is 19.0 Å². The van der Waals surface area contributed by atoms with Gasteiger partial charge in [0.15, 0.2) is 5.69 Å². The molecule has 1 N–H and O–H groups in total. The summed E-state index contributed by atoms with van der Waals surface area (Å²) in [5.41, 5.74) is -0.0199. The fraction of sp³-hybridized carbons (Fsp3) is 0.526. The van der Waals surface area contributed by atoms with Gasteiger partial charge in [-0.3, -0.25) is 4.79 Å². The maximum atomic E-state index is 13.0. The summed E-state index contributed by atoms with van der Waals surface area (Å²) >= 11 is 0. The second kappa shape index (κ2) is 7.70. The Bertz CT molecular complexity index is 792. The molecule has 0 spiro atoms. The van der Waals surface area contributed by atoms with Crippen molar-refractivity contribution >= 4 is 11.7 Å². The van der Waals surface area contributed by atoms with Gasteiger partial charge in [0.25, 0.3) is 0 Å². The summed E-state index contributed by atoms with van der Waals surface area (Å²) in [5.74, 6) is 0.517. The van der Waals surface area contributed by atoms with Gasteiger partial charge in [0.1, 0.15) is 17.7 Å². The first kappa shape index (κ1) is 19.4. The lowest BCUT2D eigenvalue weighted by Gasteiger charge is -2.22. The van der Waals surface area contributed by atoms with Crippen LogP contribution >= 0.6 is 0 Å². The Morgan fingerprint density at radius 2 is 2.00 bits per heavy atom. The van der Waals surface area contributed by atoms with Crippen LogP contribution in [0.1, 0.15) is 55.2 Å². The molecule has 3 rings (SSSR count). The molecule has 0 unspecified atom stereocenters. The van der Waals surface area contributed by atoms with Gasteiger partial charge in [-0.15, -0.1) is 0 Å². The Morgan fingerprint density at radius 1 is 1.30 bits per heavy atom. The van der Waals surface area contributed by atoms with E-state index in [1.807, 2.05) is 13.0 Å². The molecule has 27 heavy (non-hydrogen) atoms. The van der Waals surface area contributed by atoms with Gasteiger partial charge in [-0.25, -0.2) is 9.97 Å². The van der Waals surface area contributed by atoms with E-state index in [0.29, 0.717) is 18.2 Å². The number of hydrogen-bond donors (Lipinski definition) is 1. The van der Waals surface area contributed by atoms with Gasteiger partial charge >= 0.3 is 6.18 Å². The fourth-order valence-corrected chi connectivity index (χ4v) is 3.60. The van der Waals surface area contributed by atoms with E-state index in [2.05, 4.69) is 15.3 Å². The normalized spacial score (nSPS) is 16.5. The van der Waals surface area contributed by atoms with E-state index in [1.54, 1.807) is 12.3 Å². The minimum absolute atomic E-state index is 0.178. The summed E-state index contributed by atoms with van der Waals surface area (Å²) in [6, 6.07) is 2.75. The van der Waals surface area contributed by atoms with Crippen LogP contribution in [0.2, 0.25) is 0 Å². The Labute approximate surface area is 156 Å². The molecule has 5 nitrogen and oxygen atoms in total. The van der Waals surface area contributed by atoms with Crippen molar-refractivity contribution < 1.29 is 18.0 Å². The van der Waals surface area contributed by atoms with Crippen LogP contribution in [0.25, 0.3) is 0 Å². The molecule has 1 aliphatic carbocycles. The van der Waals surface area contributed by atoms with Gasteiger partial charge in [0.2, 0.25) is 5.91 Å². The predicted molar refractivity (Wildman–Crippen MR) is 95.2 cm³/mol. The number of nitrogens with zero attached hydrogens (tertiary/aromatic N) is 3. The maximum Gasteiger partial charge on any atom is 0.434 e. The van der Waals surface area contributed by atoms with Crippen LogP contribution in [0, 0.1) is 19.8 Å². The third-order valence-electron chi connectivity index (χ3n) is 5.04. The summed E-state index contributed by atoms with van der Waals surface area (Å²) in [7, 11) is 0. The van der Waals surface area contributed by atoms with Crippen LogP contribution in [0.15, 0.2) is 24.5 Å². The molecule has 1 atom stereocenters. The summed E-state index contributed by atoms with van der Waals surface area (Å²) in [4.78, 5) is 20.7. The number of rotatable bonds is 5. The first-order valence-electron chi connectivity index (χ1n) is 9.10. The van der Waals surface area contributed by atoms with Crippen molar-refractivity contribution in [2.75, 3.05) is 5.32 Å². The third-order valence-corrected chi connectivity index (χ3v) is 5.04. The number of carbonyl (C=O) groups is 1. The quantitative estimate of drug-likeness (QED) is 0.820. The summed E-state index contributed by atoms with van der Waals surface area (Å²) in [6.45, 7) is 3.38. The average Bonchev–Trinajstić information content (AvgIpc) is 3.24. The number of anilines is 1. The minimum Gasteiger partial charge on any atom is -0.322 e. The molecule has 1 fully saturated rings. The van der Waals surface area contributed by atoms with E-state index in [9.17, 15) is 18.0 Å². The Kier molecular flexibility index (Phi) is 5.53. The van der Waals surface area contributed by atoms with E-state index in [1.165, 1.54) is 11.5 Å². The van der Waals surface area contributed by atoms with E-state index >= 15 is 0 Å². The van der Waals surface area contributed by atoms with Gasteiger partial charge in [-0.2, -0.15) is 13.2 Å². The smallest absolute Gasteiger partial charge is 0.322 e. The van der Waals surface area contributed by atoms with Crippen molar-refractivity contribution in [3.05, 3.63) is 41.6 Å². The average molecular weight is 380 g/mol. The van der Waals surface area contributed by atoms with E-state index in [0.717, 1.165) is 37.4 Å². The van der Waals surface area contributed by atoms with Crippen molar-refractivity contribution in [3.63, 3.8) is 0 Å². The van der Waals surface area contributed by atoms with Gasteiger partial charge in [-0.05, 0) is 37.8 Å². The number of nitrogens with one attached hydrogen (secondary N) is 1. The number of hydrogen-bond acceptors (Lipinski definition) is 3. The standard InChI is InChI=1S/C19H23F3N4O/c1-12-7-8-17(23-10-12)25-18(27)15(9-14-5-3-4-6-14)26-11-16(19(20,21)22)24-13(26)2/h7-8,10-11,14-15H,3-6,9H2,1-2H3,(H,23,25,27)/t15-/m0/s1. The highest BCUT2D eigenvalue weighted by Crippen LogP contribution is 2.35. The lowest BCUT2D eigenvalue weighted by atomic mass is 9.97. The molecule has 0 saturated heterocycles. The number of aromatic nitrogens is 3. The van der Waals surface area contributed by atoms with Crippen molar-refractivity contribution in [2.24, 2.45) is 5.92 Å². The Hall–Kier alpha value is -2.38. The zero-order valence-corrected chi connectivity index (χ0v) is 15.4. The van der Waals surface area contributed by atoms with Crippen molar-refractivity contribution in [3.8, 4) is 0 Å². The monoisotopic (exact) mass is 380 g/mol. The fourth-order valence-electron chi connectivity index (χ4n) is 3.60. The molecule has 8 heteroatoms. The minimum atomic E-state index is -4.54. The number of imidazole rings is 1. The molecule has 0 aliphatic heterocycles.